The van der Waals surface area contributed by atoms with E-state index >= 15 is 0 Å². The van der Waals surface area contributed by atoms with Gasteiger partial charge in [-0.1, -0.05) is 0 Å². The summed E-state index contributed by atoms with van der Waals surface area (Å²) in [5, 5.41) is 0. The van der Waals surface area contributed by atoms with E-state index in [-0.39, 0.29) is 11.8 Å². The second kappa shape index (κ2) is 3.70. The molecule has 1 heterocycles. The van der Waals surface area contributed by atoms with Gasteiger partial charge in [-0.15, -0.1) is 11.8 Å². The number of hydrogen-bond acceptors (Lipinski definition) is 3. The molecular formula is C11H11NO2S. The van der Waals surface area contributed by atoms with E-state index in [1.165, 1.54) is 11.8 Å². The van der Waals surface area contributed by atoms with E-state index in [1.807, 2.05) is 24.5 Å². The predicted octanol–water partition coefficient (Wildman–Crippen LogP) is 1.84. The first kappa shape index (κ1) is 10.2. The summed E-state index contributed by atoms with van der Waals surface area (Å²) in [5.41, 5.74) is 1.69. The van der Waals surface area contributed by atoms with Gasteiger partial charge in [0.1, 0.15) is 0 Å². The number of carbonyl (C=O) groups is 2. The molecule has 0 aliphatic carbocycles. The lowest BCUT2D eigenvalue weighted by molar-refractivity contribution is -0.124. The van der Waals surface area contributed by atoms with Crippen molar-refractivity contribution in [3.05, 3.63) is 23.8 Å². The number of rotatable bonds is 1. The number of fused-ring (bicyclic) bond motifs is 1. The molecule has 0 N–H and O–H groups in total. The van der Waals surface area contributed by atoms with Gasteiger partial charge in [-0.3, -0.25) is 14.5 Å². The van der Waals surface area contributed by atoms with Gasteiger partial charge >= 0.3 is 0 Å². The van der Waals surface area contributed by atoms with E-state index in [0.29, 0.717) is 6.42 Å². The summed E-state index contributed by atoms with van der Waals surface area (Å²) in [6.45, 7) is 1.41. The smallest absolute Gasteiger partial charge is 0.238 e. The van der Waals surface area contributed by atoms with E-state index < -0.39 is 0 Å². The minimum absolute atomic E-state index is 0.129. The number of amides is 2. The van der Waals surface area contributed by atoms with Crippen molar-refractivity contribution < 1.29 is 9.59 Å². The molecule has 15 heavy (non-hydrogen) atoms. The number of nitrogens with zero attached hydrogens (tertiary/aromatic N) is 1. The number of benzene rings is 1. The van der Waals surface area contributed by atoms with Crippen LogP contribution in [0.1, 0.15) is 12.5 Å². The minimum atomic E-state index is -0.212. The molecule has 78 valence electrons. The highest BCUT2D eigenvalue weighted by Gasteiger charge is 2.30. The molecule has 0 saturated heterocycles. The van der Waals surface area contributed by atoms with E-state index in [0.717, 1.165) is 16.1 Å². The van der Waals surface area contributed by atoms with Crippen molar-refractivity contribution in [2.75, 3.05) is 11.2 Å². The van der Waals surface area contributed by atoms with Crippen LogP contribution in [0.3, 0.4) is 0 Å². The molecule has 3 nitrogen and oxygen atoms in total. The van der Waals surface area contributed by atoms with Crippen LogP contribution < -0.4 is 4.90 Å². The molecule has 1 aromatic carbocycles. The molecule has 0 unspecified atom stereocenters. The number of anilines is 1. The molecule has 1 aliphatic heterocycles. The lowest BCUT2D eigenvalue weighted by Gasteiger charge is -2.12. The normalized spacial score (nSPS) is 14.3. The van der Waals surface area contributed by atoms with Gasteiger partial charge in [-0.2, -0.15) is 0 Å². The average Bonchev–Trinajstić information content (AvgIpc) is 2.52. The van der Waals surface area contributed by atoms with Crippen molar-refractivity contribution in [3.8, 4) is 0 Å². The SMILES string of the molecule is CSc1ccc2c(c1)CC(=O)N2C(C)=O. The number of carbonyl (C=O) groups excluding carboxylic acids is 2. The third kappa shape index (κ3) is 1.65. The molecule has 1 aliphatic rings. The molecule has 0 atom stereocenters. The van der Waals surface area contributed by atoms with Crippen molar-refractivity contribution in [3.63, 3.8) is 0 Å². The summed E-state index contributed by atoms with van der Waals surface area (Å²) in [5.74, 6) is -0.341. The first-order valence-corrected chi connectivity index (χ1v) is 5.86. The van der Waals surface area contributed by atoms with Gasteiger partial charge in [0.25, 0.3) is 0 Å². The van der Waals surface area contributed by atoms with Crippen LogP contribution in [-0.2, 0) is 16.0 Å². The standard InChI is InChI=1S/C11H11NO2S/c1-7(13)12-10-4-3-9(15-2)5-8(10)6-11(12)14/h3-5H,6H2,1-2H3. The van der Waals surface area contributed by atoms with E-state index in [2.05, 4.69) is 0 Å². The van der Waals surface area contributed by atoms with Gasteiger partial charge in [0.05, 0.1) is 12.1 Å². The van der Waals surface area contributed by atoms with E-state index in [4.69, 9.17) is 0 Å². The van der Waals surface area contributed by atoms with Crippen molar-refractivity contribution in [1.82, 2.24) is 0 Å². The third-order valence-electron chi connectivity index (χ3n) is 2.43. The number of imide groups is 1. The fraction of sp³-hybridized carbons (Fsp3) is 0.273. The Kier molecular flexibility index (Phi) is 2.52. The van der Waals surface area contributed by atoms with Crippen LogP contribution in [0.5, 0.6) is 0 Å². The minimum Gasteiger partial charge on any atom is -0.274 e. The van der Waals surface area contributed by atoms with Gasteiger partial charge in [-0.25, -0.2) is 0 Å². The van der Waals surface area contributed by atoms with E-state index in [1.54, 1.807) is 11.8 Å². The summed E-state index contributed by atoms with van der Waals surface area (Å²) in [6.07, 6.45) is 2.32. The van der Waals surface area contributed by atoms with Gasteiger partial charge in [0.15, 0.2) is 0 Å². The fourth-order valence-corrected chi connectivity index (χ4v) is 2.23. The maximum atomic E-state index is 11.6. The van der Waals surface area contributed by atoms with Crippen LogP contribution in [0.2, 0.25) is 0 Å². The van der Waals surface area contributed by atoms with Crippen LogP contribution >= 0.6 is 11.8 Å². The summed E-state index contributed by atoms with van der Waals surface area (Å²) >= 11 is 1.63. The maximum absolute atomic E-state index is 11.6. The van der Waals surface area contributed by atoms with Gasteiger partial charge in [-0.05, 0) is 30.0 Å². The zero-order chi connectivity index (χ0) is 11.0. The van der Waals surface area contributed by atoms with Crippen LogP contribution in [0.4, 0.5) is 5.69 Å². The Labute approximate surface area is 92.5 Å². The lowest BCUT2D eigenvalue weighted by Crippen LogP contribution is -2.31. The molecule has 0 spiro atoms. The molecule has 0 bridgehead atoms. The van der Waals surface area contributed by atoms with Crippen molar-refractivity contribution in [2.24, 2.45) is 0 Å². The van der Waals surface area contributed by atoms with Crippen LogP contribution in [0.25, 0.3) is 0 Å². The maximum Gasteiger partial charge on any atom is 0.238 e. The van der Waals surface area contributed by atoms with Crippen molar-refractivity contribution in [2.45, 2.75) is 18.2 Å². The van der Waals surface area contributed by atoms with E-state index in [9.17, 15) is 9.59 Å². The highest BCUT2D eigenvalue weighted by atomic mass is 32.2. The fourth-order valence-electron chi connectivity index (χ4n) is 1.77. The molecule has 4 heteroatoms. The van der Waals surface area contributed by atoms with Gasteiger partial charge < -0.3 is 0 Å². The molecule has 2 rings (SSSR count). The summed E-state index contributed by atoms with van der Waals surface area (Å²) in [7, 11) is 0. The third-order valence-corrected chi connectivity index (χ3v) is 3.16. The van der Waals surface area contributed by atoms with Crippen LogP contribution in [-0.4, -0.2) is 18.1 Å². The van der Waals surface area contributed by atoms with Crippen molar-refractivity contribution >= 4 is 29.3 Å². The zero-order valence-electron chi connectivity index (χ0n) is 8.61. The van der Waals surface area contributed by atoms with Gasteiger partial charge in [0.2, 0.25) is 11.8 Å². The first-order valence-electron chi connectivity index (χ1n) is 4.64. The molecule has 0 fully saturated rings. The Bertz CT molecular complexity index is 442. The second-order valence-corrected chi connectivity index (χ2v) is 4.30. The molecular weight excluding hydrogens is 210 g/mol. The predicted molar refractivity (Wildman–Crippen MR) is 60.1 cm³/mol. The zero-order valence-corrected chi connectivity index (χ0v) is 9.43. The average molecular weight is 221 g/mol. The van der Waals surface area contributed by atoms with Crippen LogP contribution in [0.15, 0.2) is 23.1 Å². The highest BCUT2D eigenvalue weighted by molar-refractivity contribution is 7.98. The Morgan fingerprint density at radius 1 is 1.47 bits per heavy atom. The Morgan fingerprint density at radius 3 is 2.80 bits per heavy atom. The molecule has 0 saturated carbocycles. The summed E-state index contributed by atoms with van der Waals surface area (Å²) in [6, 6.07) is 5.74. The highest BCUT2D eigenvalue weighted by Crippen LogP contribution is 2.31. The summed E-state index contributed by atoms with van der Waals surface area (Å²) < 4.78 is 0. The monoisotopic (exact) mass is 221 g/mol. The topological polar surface area (TPSA) is 37.4 Å². The number of thioether (sulfide) groups is 1. The van der Waals surface area contributed by atoms with Crippen LogP contribution in [0, 0.1) is 0 Å². The first-order chi connectivity index (χ1) is 7.13. The molecule has 0 aromatic heterocycles. The number of hydrogen-bond donors (Lipinski definition) is 0. The largest absolute Gasteiger partial charge is 0.274 e. The molecule has 0 radical (unpaired) electrons. The van der Waals surface area contributed by atoms with Gasteiger partial charge in [0, 0.05) is 11.8 Å². The quantitative estimate of drug-likeness (QED) is 0.679. The molecule has 1 aromatic rings. The second-order valence-electron chi connectivity index (χ2n) is 3.42. The summed E-state index contributed by atoms with van der Waals surface area (Å²) in [4.78, 5) is 25.2. The Morgan fingerprint density at radius 2 is 2.20 bits per heavy atom. The Hall–Kier alpha value is -1.29. The lowest BCUT2D eigenvalue weighted by atomic mass is 10.2. The van der Waals surface area contributed by atoms with Crippen molar-refractivity contribution in [1.29, 1.82) is 0 Å². The Balaban J connectivity index is 2.47. The molecule has 2 amide bonds.